The predicted molar refractivity (Wildman–Crippen MR) is 86.7 cm³/mol. The number of benzene rings is 2. The molecule has 0 aliphatic carbocycles. The van der Waals surface area contributed by atoms with Crippen molar-refractivity contribution in [3.8, 4) is 5.75 Å². The fraction of sp³-hybridized carbons (Fsp3) is 0.294. The van der Waals surface area contributed by atoms with Gasteiger partial charge in [0.05, 0.1) is 6.10 Å². The summed E-state index contributed by atoms with van der Waals surface area (Å²) in [6, 6.07) is 12.4. The van der Waals surface area contributed by atoms with Crippen LogP contribution in [0.3, 0.4) is 0 Å². The molecule has 2 aromatic rings. The van der Waals surface area contributed by atoms with Gasteiger partial charge in [-0.2, -0.15) is 0 Å². The molecule has 2 rings (SSSR count). The van der Waals surface area contributed by atoms with Crippen molar-refractivity contribution in [1.82, 2.24) is 0 Å². The van der Waals surface area contributed by atoms with Gasteiger partial charge in [-0.05, 0) is 51.5 Å². The fourth-order valence-corrected chi connectivity index (χ4v) is 3.01. The third kappa shape index (κ3) is 3.94. The van der Waals surface area contributed by atoms with E-state index in [1.165, 1.54) is 16.0 Å². The summed E-state index contributed by atoms with van der Waals surface area (Å²) in [5.41, 5.74) is 9.25. The van der Waals surface area contributed by atoms with Gasteiger partial charge in [0, 0.05) is 21.5 Å². The Kier molecular flexibility index (Phi) is 4.61. The van der Waals surface area contributed by atoms with Crippen molar-refractivity contribution < 1.29 is 4.74 Å². The largest absolute Gasteiger partial charge is 0.491 e. The first-order valence-electron chi connectivity index (χ1n) is 6.76. The van der Waals surface area contributed by atoms with E-state index >= 15 is 0 Å². The summed E-state index contributed by atoms with van der Waals surface area (Å²) in [6.45, 7) is 8.27. The summed E-state index contributed by atoms with van der Waals surface area (Å²) in [7, 11) is 0. The monoisotopic (exact) mass is 287 g/mol. The zero-order valence-corrected chi connectivity index (χ0v) is 13.3. The minimum absolute atomic E-state index is 0.149. The number of anilines is 1. The van der Waals surface area contributed by atoms with Gasteiger partial charge in [-0.1, -0.05) is 29.5 Å². The van der Waals surface area contributed by atoms with Crippen LogP contribution in [0.4, 0.5) is 5.69 Å². The molecule has 0 aromatic heterocycles. The molecule has 2 nitrogen and oxygen atoms in total. The number of rotatable bonds is 4. The highest BCUT2D eigenvalue weighted by Crippen LogP contribution is 2.34. The molecule has 0 saturated carbocycles. The first-order chi connectivity index (χ1) is 9.44. The van der Waals surface area contributed by atoms with Gasteiger partial charge in [-0.15, -0.1) is 0 Å². The van der Waals surface area contributed by atoms with Crippen LogP contribution in [0.25, 0.3) is 0 Å². The molecule has 0 fully saturated rings. The second kappa shape index (κ2) is 6.23. The van der Waals surface area contributed by atoms with Crippen LogP contribution in [-0.2, 0) is 0 Å². The van der Waals surface area contributed by atoms with E-state index in [9.17, 15) is 0 Å². The molecule has 0 saturated heterocycles. The summed E-state index contributed by atoms with van der Waals surface area (Å²) >= 11 is 1.72. The molecule has 2 N–H and O–H groups in total. The van der Waals surface area contributed by atoms with Gasteiger partial charge in [-0.3, -0.25) is 0 Å². The Hall–Kier alpha value is -1.61. The first-order valence-corrected chi connectivity index (χ1v) is 7.58. The van der Waals surface area contributed by atoms with Crippen LogP contribution in [0.1, 0.15) is 25.0 Å². The predicted octanol–water partition coefficient (Wildman–Crippen LogP) is 4.82. The van der Waals surface area contributed by atoms with E-state index in [4.69, 9.17) is 10.5 Å². The summed E-state index contributed by atoms with van der Waals surface area (Å²) in [4.78, 5) is 2.35. The van der Waals surface area contributed by atoms with Gasteiger partial charge in [0.15, 0.2) is 0 Å². The van der Waals surface area contributed by atoms with Crippen LogP contribution in [0.5, 0.6) is 5.75 Å². The lowest BCUT2D eigenvalue weighted by molar-refractivity contribution is 0.242. The van der Waals surface area contributed by atoms with Crippen LogP contribution in [0.2, 0.25) is 0 Å². The van der Waals surface area contributed by atoms with Gasteiger partial charge in [-0.25, -0.2) is 0 Å². The van der Waals surface area contributed by atoms with E-state index in [1.54, 1.807) is 11.8 Å². The SMILES string of the molecule is Cc1ccc(Sc2cc(N)cc(OC(C)C)c2)c(C)c1. The van der Waals surface area contributed by atoms with Crippen LogP contribution >= 0.6 is 11.8 Å². The van der Waals surface area contributed by atoms with Gasteiger partial charge < -0.3 is 10.5 Å². The van der Waals surface area contributed by atoms with Gasteiger partial charge in [0.2, 0.25) is 0 Å². The van der Waals surface area contributed by atoms with Crippen molar-refractivity contribution in [1.29, 1.82) is 0 Å². The van der Waals surface area contributed by atoms with E-state index in [0.29, 0.717) is 0 Å². The van der Waals surface area contributed by atoms with Crippen LogP contribution in [0, 0.1) is 13.8 Å². The van der Waals surface area contributed by atoms with E-state index in [0.717, 1.165) is 16.3 Å². The van der Waals surface area contributed by atoms with Crippen LogP contribution in [-0.4, -0.2) is 6.10 Å². The first kappa shape index (κ1) is 14.8. The molecule has 0 spiro atoms. The average molecular weight is 287 g/mol. The highest BCUT2D eigenvalue weighted by atomic mass is 32.2. The molecule has 0 aliphatic rings. The molecule has 2 aromatic carbocycles. The Morgan fingerprint density at radius 3 is 2.45 bits per heavy atom. The van der Waals surface area contributed by atoms with E-state index in [1.807, 2.05) is 32.0 Å². The molecule has 0 bridgehead atoms. The highest BCUT2D eigenvalue weighted by Gasteiger charge is 2.06. The Bertz CT molecular complexity index is 608. The lowest BCUT2D eigenvalue weighted by Gasteiger charge is -2.13. The smallest absolute Gasteiger partial charge is 0.122 e. The topological polar surface area (TPSA) is 35.2 Å². The molecule has 0 heterocycles. The Labute approximate surface area is 125 Å². The third-order valence-corrected chi connectivity index (χ3v) is 3.98. The quantitative estimate of drug-likeness (QED) is 0.818. The number of nitrogens with two attached hydrogens (primary N) is 1. The van der Waals surface area contributed by atoms with Crippen molar-refractivity contribution in [3.63, 3.8) is 0 Å². The molecule has 20 heavy (non-hydrogen) atoms. The van der Waals surface area contributed by atoms with Gasteiger partial charge in [0.25, 0.3) is 0 Å². The molecule has 0 atom stereocenters. The van der Waals surface area contributed by atoms with Gasteiger partial charge >= 0.3 is 0 Å². The summed E-state index contributed by atoms with van der Waals surface area (Å²) < 4.78 is 5.73. The Morgan fingerprint density at radius 1 is 1.05 bits per heavy atom. The number of aryl methyl sites for hydroxylation is 2. The minimum atomic E-state index is 0.149. The van der Waals surface area contributed by atoms with Crippen molar-refractivity contribution in [2.45, 2.75) is 43.6 Å². The second-order valence-electron chi connectivity index (χ2n) is 5.28. The normalized spacial score (nSPS) is 10.8. The fourth-order valence-electron chi connectivity index (χ4n) is 2.03. The van der Waals surface area contributed by atoms with Crippen molar-refractivity contribution in [3.05, 3.63) is 47.5 Å². The average Bonchev–Trinajstić information content (AvgIpc) is 2.31. The standard InChI is InChI=1S/C17H21NOS/c1-11(2)19-15-8-14(18)9-16(10-15)20-17-6-5-12(3)7-13(17)4/h5-11H,18H2,1-4H3. The number of ether oxygens (including phenoxy) is 1. The molecular weight excluding hydrogens is 266 g/mol. The lowest BCUT2D eigenvalue weighted by atomic mass is 10.2. The minimum Gasteiger partial charge on any atom is -0.491 e. The maximum atomic E-state index is 5.96. The second-order valence-corrected chi connectivity index (χ2v) is 6.39. The van der Waals surface area contributed by atoms with E-state index < -0.39 is 0 Å². The molecule has 3 heteroatoms. The van der Waals surface area contributed by atoms with E-state index in [-0.39, 0.29) is 6.10 Å². The molecule has 0 unspecified atom stereocenters. The number of hydrogen-bond donors (Lipinski definition) is 1. The maximum absolute atomic E-state index is 5.96. The maximum Gasteiger partial charge on any atom is 0.122 e. The zero-order valence-electron chi connectivity index (χ0n) is 12.4. The third-order valence-electron chi connectivity index (χ3n) is 2.83. The lowest BCUT2D eigenvalue weighted by Crippen LogP contribution is -2.05. The molecule has 0 amide bonds. The van der Waals surface area contributed by atoms with Gasteiger partial charge in [0.1, 0.15) is 5.75 Å². The highest BCUT2D eigenvalue weighted by molar-refractivity contribution is 7.99. The molecule has 0 radical (unpaired) electrons. The Morgan fingerprint density at radius 2 is 1.80 bits per heavy atom. The Balaban J connectivity index is 2.26. The summed E-state index contributed by atoms with van der Waals surface area (Å²) in [5, 5.41) is 0. The molecule has 0 aliphatic heterocycles. The van der Waals surface area contributed by atoms with E-state index in [2.05, 4.69) is 32.0 Å². The van der Waals surface area contributed by atoms with Crippen LogP contribution in [0.15, 0.2) is 46.2 Å². The number of nitrogen functional groups attached to an aromatic ring is 1. The number of hydrogen-bond acceptors (Lipinski definition) is 3. The molecular formula is C17H21NOS. The zero-order chi connectivity index (χ0) is 14.7. The van der Waals surface area contributed by atoms with Crippen molar-refractivity contribution >= 4 is 17.4 Å². The van der Waals surface area contributed by atoms with Crippen molar-refractivity contribution in [2.75, 3.05) is 5.73 Å². The summed E-state index contributed by atoms with van der Waals surface area (Å²) in [6.07, 6.45) is 0.149. The molecule has 106 valence electrons. The summed E-state index contributed by atoms with van der Waals surface area (Å²) in [5.74, 6) is 0.826. The van der Waals surface area contributed by atoms with Crippen molar-refractivity contribution in [2.24, 2.45) is 0 Å². The van der Waals surface area contributed by atoms with Crippen LogP contribution < -0.4 is 10.5 Å².